The Morgan fingerprint density at radius 1 is 1.50 bits per heavy atom. The second-order valence-corrected chi connectivity index (χ2v) is 5.04. The topological polar surface area (TPSA) is 82.2 Å². The Hall–Kier alpha value is -2.06. The molecule has 2 rings (SSSR count). The van der Waals surface area contributed by atoms with Crippen molar-refractivity contribution >= 4 is 11.6 Å². The lowest BCUT2D eigenvalue weighted by Crippen LogP contribution is -2.39. The van der Waals surface area contributed by atoms with Gasteiger partial charge in [-0.3, -0.25) is 4.79 Å². The number of hydrogen-bond donors (Lipinski definition) is 2. The van der Waals surface area contributed by atoms with Gasteiger partial charge in [-0.15, -0.1) is 0 Å². The van der Waals surface area contributed by atoms with Gasteiger partial charge in [0.25, 0.3) is 0 Å². The third kappa shape index (κ3) is 2.91. The Bertz CT molecular complexity index is 527. The second kappa shape index (κ2) is 6.40. The van der Waals surface area contributed by atoms with Crippen LogP contribution in [0.1, 0.15) is 24.0 Å². The molecule has 1 aromatic carbocycles. The number of amides is 1. The first-order valence-electron chi connectivity index (χ1n) is 6.89. The van der Waals surface area contributed by atoms with Gasteiger partial charge in [0.05, 0.1) is 11.3 Å². The van der Waals surface area contributed by atoms with Crippen molar-refractivity contribution in [2.45, 2.75) is 19.4 Å². The summed E-state index contributed by atoms with van der Waals surface area (Å²) in [5.41, 5.74) is 8.17. The Morgan fingerprint density at radius 2 is 2.20 bits per heavy atom. The van der Waals surface area contributed by atoms with Gasteiger partial charge in [0, 0.05) is 32.6 Å². The van der Waals surface area contributed by atoms with Crippen molar-refractivity contribution < 1.29 is 4.79 Å². The Morgan fingerprint density at radius 3 is 2.75 bits per heavy atom. The van der Waals surface area contributed by atoms with E-state index in [1.54, 1.807) is 7.05 Å². The predicted octanol–water partition coefficient (Wildman–Crippen LogP) is 0.979. The molecule has 0 aliphatic carbocycles. The molecule has 1 heterocycles. The lowest BCUT2D eigenvalue weighted by atomic mass is 9.95. The number of piperidine rings is 1. The summed E-state index contributed by atoms with van der Waals surface area (Å²) in [5.74, 6) is 0.203. The van der Waals surface area contributed by atoms with E-state index >= 15 is 0 Å². The standard InChI is InChI=1S/C15H20N4O/c1-18-15(20)12-4-6-19(7-5-12)14-3-2-11(9-16)8-13(14)10-17/h2-3,8,12H,4-7,9,16H2,1H3,(H,18,20). The first-order chi connectivity index (χ1) is 9.69. The highest BCUT2D eigenvalue weighted by Gasteiger charge is 2.25. The molecule has 0 unspecified atom stereocenters. The van der Waals surface area contributed by atoms with Crippen molar-refractivity contribution in [2.24, 2.45) is 11.7 Å². The fraction of sp³-hybridized carbons (Fsp3) is 0.467. The number of nitrogens with two attached hydrogens (primary N) is 1. The first kappa shape index (κ1) is 14.4. The molecule has 20 heavy (non-hydrogen) atoms. The summed E-state index contributed by atoms with van der Waals surface area (Å²) in [6.45, 7) is 2.04. The molecule has 0 radical (unpaired) electrons. The lowest BCUT2D eigenvalue weighted by molar-refractivity contribution is -0.125. The molecule has 0 aromatic heterocycles. The van der Waals surface area contributed by atoms with Crippen LogP contribution in [0.15, 0.2) is 18.2 Å². The smallest absolute Gasteiger partial charge is 0.222 e. The van der Waals surface area contributed by atoms with Gasteiger partial charge in [-0.2, -0.15) is 5.26 Å². The largest absolute Gasteiger partial charge is 0.370 e. The third-order valence-corrected chi connectivity index (χ3v) is 3.87. The second-order valence-electron chi connectivity index (χ2n) is 5.04. The highest BCUT2D eigenvalue weighted by molar-refractivity contribution is 5.78. The number of rotatable bonds is 3. The van der Waals surface area contributed by atoms with Crippen molar-refractivity contribution in [1.29, 1.82) is 5.26 Å². The fourth-order valence-electron chi connectivity index (χ4n) is 2.66. The van der Waals surface area contributed by atoms with E-state index in [9.17, 15) is 10.1 Å². The van der Waals surface area contributed by atoms with Crippen LogP contribution in [-0.4, -0.2) is 26.0 Å². The molecule has 1 saturated heterocycles. The minimum Gasteiger partial charge on any atom is -0.370 e. The van der Waals surface area contributed by atoms with E-state index in [1.807, 2.05) is 18.2 Å². The maximum atomic E-state index is 11.6. The fourth-order valence-corrected chi connectivity index (χ4v) is 2.66. The molecule has 1 fully saturated rings. The minimum absolute atomic E-state index is 0.0881. The molecular weight excluding hydrogens is 252 g/mol. The van der Waals surface area contributed by atoms with Crippen LogP contribution >= 0.6 is 0 Å². The number of nitriles is 1. The Kier molecular flexibility index (Phi) is 4.59. The predicted molar refractivity (Wildman–Crippen MR) is 78.1 cm³/mol. The van der Waals surface area contributed by atoms with Crippen LogP contribution in [0.4, 0.5) is 5.69 Å². The van der Waals surface area contributed by atoms with Crippen molar-refractivity contribution in [2.75, 3.05) is 25.0 Å². The summed E-state index contributed by atoms with van der Waals surface area (Å²) in [4.78, 5) is 13.8. The molecule has 0 atom stereocenters. The molecule has 106 valence electrons. The third-order valence-electron chi connectivity index (χ3n) is 3.87. The number of carbonyl (C=O) groups is 1. The van der Waals surface area contributed by atoms with Crippen molar-refractivity contribution in [3.8, 4) is 6.07 Å². The molecule has 5 heteroatoms. The number of nitrogens with one attached hydrogen (secondary N) is 1. The zero-order valence-electron chi connectivity index (χ0n) is 11.7. The SMILES string of the molecule is CNC(=O)C1CCN(c2ccc(CN)cc2C#N)CC1. The minimum atomic E-state index is 0.0881. The van der Waals surface area contributed by atoms with Crippen LogP contribution in [0.2, 0.25) is 0 Å². The molecular formula is C15H20N4O. The van der Waals surface area contributed by atoms with Gasteiger partial charge < -0.3 is 16.0 Å². The van der Waals surface area contributed by atoms with E-state index < -0.39 is 0 Å². The van der Waals surface area contributed by atoms with Gasteiger partial charge in [-0.1, -0.05) is 6.07 Å². The van der Waals surface area contributed by atoms with E-state index in [4.69, 9.17) is 5.73 Å². The highest BCUT2D eigenvalue weighted by atomic mass is 16.1. The van der Waals surface area contributed by atoms with E-state index in [0.29, 0.717) is 12.1 Å². The summed E-state index contributed by atoms with van der Waals surface area (Å²) in [7, 11) is 1.67. The molecule has 5 nitrogen and oxygen atoms in total. The number of hydrogen-bond acceptors (Lipinski definition) is 4. The van der Waals surface area contributed by atoms with Crippen molar-refractivity contribution in [1.82, 2.24) is 5.32 Å². The molecule has 0 saturated carbocycles. The van der Waals surface area contributed by atoms with Crippen LogP contribution in [0, 0.1) is 17.2 Å². The normalized spacial score (nSPS) is 15.8. The average Bonchev–Trinajstić information content (AvgIpc) is 2.53. The average molecular weight is 272 g/mol. The van der Waals surface area contributed by atoms with E-state index in [1.165, 1.54) is 0 Å². The molecule has 0 spiro atoms. The zero-order valence-corrected chi connectivity index (χ0v) is 11.7. The number of anilines is 1. The highest BCUT2D eigenvalue weighted by Crippen LogP contribution is 2.27. The molecule has 3 N–H and O–H groups in total. The molecule has 1 amide bonds. The summed E-state index contributed by atoms with van der Waals surface area (Å²) in [6, 6.07) is 8.00. The Labute approximate surface area is 119 Å². The van der Waals surface area contributed by atoms with Gasteiger partial charge in [0.2, 0.25) is 5.91 Å². The molecule has 1 aliphatic rings. The van der Waals surface area contributed by atoms with Crippen LogP contribution in [0.25, 0.3) is 0 Å². The van der Waals surface area contributed by atoms with Gasteiger partial charge in [-0.05, 0) is 30.5 Å². The van der Waals surface area contributed by atoms with Gasteiger partial charge in [-0.25, -0.2) is 0 Å². The van der Waals surface area contributed by atoms with Crippen molar-refractivity contribution in [3.63, 3.8) is 0 Å². The number of nitrogens with zero attached hydrogens (tertiary/aromatic N) is 2. The monoisotopic (exact) mass is 272 g/mol. The van der Waals surface area contributed by atoms with Crippen LogP contribution in [0.5, 0.6) is 0 Å². The van der Waals surface area contributed by atoms with Crippen LogP contribution in [0.3, 0.4) is 0 Å². The van der Waals surface area contributed by atoms with Crippen LogP contribution < -0.4 is 16.0 Å². The van der Waals surface area contributed by atoms with Gasteiger partial charge >= 0.3 is 0 Å². The number of benzene rings is 1. The van der Waals surface area contributed by atoms with Gasteiger partial charge in [0.15, 0.2) is 0 Å². The van der Waals surface area contributed by atoms with E-state index in [2.05, 4.69) is 16.3 Å². The summed E-state index contributed by atoms with van der Waals surface area (Å²) in [5, 5.41) is 12.0. The number of carbonyl (C=O) groups excluding carboxylic acids is 1. The van der Waals surface area contributed by atoms with E-state index in [0.717, 1.165) is 37.2 Å². The molecule has 1 aliphatic heterocycles. The summed E-state index contributed by atoms with van der Waals surface area (Å²) < 4.78 is 0. The van der Waals surface area contributed by atoms with Crippen molar-refractivity contribution in [3.05, 3.63) is 29.3 Å². The molecule has 1 aromatic rings. The van der Waals surface area contributed by atoms with Gasteiger partial charge in [0.1, 0.15) is 6.07 Å². The molecule has 0 bridgehead atoms. The summed E-state index contributed by atoms with van der Waals surface area (Å²) >= 11 is 0. The quantitative estimate of drug-likeness (QED) is 0.859. The van der Waals surface area contributed by atoms with Crippen LogP contribution in [-0.2, 0) is 11.3 Å². The maximum absolute atomic E-state index is 11.6. The lowest BCUT2D eigenvalue weighted by Gasteiger charge is -2.33. The maximum Gasteiger partial charge on any atom is 0.222 e. The summed E-state index contributed by atoms with van der Waals surface area (Å²) in [6.07, 6.45) is 1.65. The zero-order chi connectivity index (χ0) is 14.5. The Balaban J connectivity index is 2.11. The van der Waals surface area contributed by atoms with E-state index in [-0.39, 0.29) is 11.8 Å². The first-order valence-corrected chi connectivity index (χ1v) is 6.89.